The summed E-state index contributed by atoms with van der Waals surface area (Å²) < 4.78 is 4.81. The number of aromatic nitrogens is 1. The highest BCUT2D eigenvalue weighted by molar-refractivity contribution is 8.00. The average Bonchev–Trinajstić information content (AvgIpc) is 3.11. The molecular formula is C11H14N2O2S. The third-order valence-corrected chi connectivity index (χ3v) is 4.00. The number of esters is 1. The topological polar surface area (TPSA) is 65.2 Å². The first-order valence-electron chi connectivity index (χ1n) is 5.16. The third kappa shape index (κ3) is 2.47. The molecule has 16 heavy (non-hydrogen) atoms. The molecule has 0 bridgehead atoms. The first-order chi connectivity index (χ1) is 7.72. The Morgan fingerprint density at radius 2 is 2.44 bits per heavy atom. The van der Waals surface area contributed by atoms with E-state index in [1.807, 2.05) is 6.07 Å². The Morgan fingerprint density at radius 1 is 1.69 bits per heavy atom. The van der Waals surface area contributed by atoms with Crippen LogP contribution in [0.2, 0.25) is 0 Å². The molecule has 1 saturated carbocycles. The standard InChI is InChI=1S/C11H14N2O2S/c1-15-11(14)10(7-2-3-7)16-9-4-5-13-6-8(9)12/h4-7,10H,2-3,12H2,1H3. The van der Waals surface area contributed by atoms with Crippen LogP contribution in [0.15, 0.2) is 23.4 Å². The molecule has 0 spiro atoms. The van der Waals surface area contributed by atoms with Crippen molar-refractivity contribution in [3.63, 3.8) is 0 Å². The van der Waals surface area contributed by atoms with Gasteiger partial charge in [-0.05, 0) is 24.8 Å². The third-order valence-electron chi connectivity index (χ3n) is 2.55. The van der Waals surface area contributed by atoms with E-state index in [-0.39, 0.29) is 11.2 Å². The molecule has 1 atom stereocenters. The fourth-order valence-electron chi connectivity index (χ4n) is 1.49. The molecule has 86 valence electrons. The Balaban J connectivity index is 2.11. The predicted molar refractivity (Wildman–Crippen MR) is 63.0 cm³/mol. The van der Waals surface area contributed by atoms with Crippen molar-refractivity contribution in [3.8, 4) is 0 Å². The zero-order chi connectivity index (χ0) is 11.5. The minimum Gasteiger partial charge on any atom is -0.468 e. The van der Waals surface area contributed by atoms with Gasteiger partial charge in [0.05, 0.1) is 19.0 Å². The summed E-state index contributed by atoms with van der Waals surface area (Å²) in [6.45, 7) is 0. The number of nitrogens with zero attached hydrogens (tertiary/aromatic N) is 1. The highest BCUT2D eigenvalue weighted by atomic mass is 32.2. The normalized spacial score (nSPS) is 16.8. The lowest BCUT2D eigenvalue weighted by molar-refractivity contribution is -0.140. The lowest BCUT2D eigenvalue weighted by Crippen LogP contribution is -2.21. The first-order valence-corrected chi connectivity index (χ1v) is 6.04. The smallest absolute Gasteiger partial charge is 0.319 e. The maximum absolute atomic E-state index is 11.6. The van der Waals surface area contributed by atoms with Gasteiger partial charge in [-0.15, -0.1) is 11.8 Å². The number of hydrogen-bond acceptors (Lipinski definition) is 5. The molecule has 2 rings (SSSR count). The van der Waals surface area contributed by atoms with E-state index in [2.05, 4.69) is 4.98 Å². The summed E-state index contributed by atoms with van der Waals surface area (Å²) >= 11 is 1.48. The molecular weight excluding hydrogens is 224 g/mol. The van der Waals surface area contributed by atoms with Crippen molar-refractivity contribution in [2.75, 3.05) is 12.8 Å². The van der Waals surface area contributed by atoms with Crippen LogP contribution in [0.1, 0.15) is 12.8 Å². The Bertz CT molecular complexity index is 393. The van der Waals surface area contributed by atoms with Crippen molar-refractivity contribution < 1.29 is 9.53 Å². The highest BCUT2D eigenvalue weighted by Gasteiger charge is 2.37. The molecule has 0 saturated heterocycles. The molecule has 4 nitrogen and oxygen atoms in total. The van der Waals surface area contributed by atoms with E-state index in [4.69, 9.17) is 10.5 Å². The zero-order valence-electron chi connectivity index (χ0n) is 9.05. The number of nitrogens with two attached hydrogens (primary N) is 1. The molecule has 1 heterocycles. The number of carbonyl (C=O) groups excluding carboxylic acids is 1. The molecule has 0 amide bonds. The SMILES string of the molecule is COC(=O)C(Sc1ccncc1N)C1CC1. The zero-order valence-corrected chi connectivity index (χ0v) is 9.87. The lowest BCUT2D eigenvalue weighted by atomic mass is 10.3. The maximum atomic E-state index is 11.6. The van der Waals surface area contributed by atoms with Crippen LogP contribution in [-0.2, 0) is 9.53 Å². The Labute approximate surface area is 98.6 Å². The summed E-state index contributed by atoms with van der Waals surface area (Å²) in [7, 11) is 1.42. The highest BCUT2D eigenvalue weighted by Crippen LogP contribution is 2.43. The number of hydrogen-bond donors (Lipinski definition) is 1. The molecule has 1 aromatic rings. The molecule has 5 heteroatoms. The van der Waals surface area contributed by atoms with Crippen molar-refractivity contribution in [3.05, 3.63) is 18.5 Å². The van der Waals surface area contributed by atoms with E-state index in [0.717, 1.165) is 17.7 Å². The van der Waals surface area contributed by atoms with Gasteiger partial charge in [-0.1, -0.05) is 0 Å². The number of nitrogen functional groups attached to an aromatic ring is 1. The summed E-state index contributed by atoms with van der Waals surface area (Å²) in [5, 5.41) is -0.130. The van der Waals surface area contributed by atoms with Gasteiger partial charge in [-0.25, -0.2) is 0 Å². The molecule has 1 aliphatic carbocycles. The van der Waals surface area contributed by atoms with Crippen LogP contribution >= 0.6 is 11.8 Å². The van der Waals surface area contributed by atoms with E-state index in [9.17, 15) is 4.79 Å². The minimum absolute atomic E-state index is 0.130. The monoisotopic (exact) mass is 238 g/mol. The fourth-order valence-corrected chi connectivity index (χ4v) is 2.75. The molecule has 1 aliphatic rings. The summed E-state index contributed by atoms with van der Waals surface area (Å²) in [6.07, 6.45) is 5.47. The molecule has 1 aromatic heterocycles. The first kappa shape index (κ1) is 11.3. The largest absolute Gasteiger partial charge is 0.468 e. The summed E-state index contributed by atoms with van der Waals surface area (Å²) in [5.41, 5.74) is 6.41. The van der Waals surface area contributed by atoms with Gasteiger partial charge in [-0.2, -0.15) is 0 Å². The van der Waals surface area contributed by atoms with Crippen molar-refractivity contribution in [2.24, 2.45) is 5.92 Å². The molecule has 0 aliphatic heterocycles. The second-order valence-corrected chi connectivity index (χ2v) is 5.00. The minimum atomic E-state index is -0.163. The van der Waals surface area contributed by atoms with Crippen LogP contribution in [0.25, 0.3) is 0 Å². The predicted octanol–water partition coefficient (Wildman–Crippen LogP) is 1.71. The number of anilines is 1. The summed E-state index contributed by atoms with van der Waals surface area (Å²) in [5.74, 6) is 0.272. The van der Waals surface area contributed by atoms with Crippen LogP contribution in [0.3, 0.4) is 0 Å². The van der Waals surface area contributed by atoms with Gasteiger partial charge in [0.25, 0.3) is 0 Å². The van der Waals surface area contributed by atoms with Gasteiger partial charge < -0.3 is 10.5 Å². The van der Waals surface area contributed by atoms with E-state index in [1.54, 1.807) is 12.4 Å². The van der Waals surface area contributed by atoms with E-state index in [0.29, 0.717) is 11.6 Å². The van der Waals surface area contributed by atoms with Gasteiger partial charge in [0, 0.05) is 11.1 Å². The number of ether oxygens (including phenoxy) is 1. The molecule has 1 fully saturated rings. The molecule has 1 unspecified atom stereocenters. The van der Waals surface area contributed by atoms with Crippen LogP contribution in [0.5, 0.6) is 0 Å². The van der Waals surface area contributed by atoms with Crippen molar-refractivity contribution in [2.45, 2.75) is 23.0 Å². The van der Waals surface area contributed by atoms with Crippen LogP contribution in [0, 0.1) is 5.92 Å². The van der Waals surface area contributed by atoms with Crippen LogP contribution < -0.4 is 5.73 Å². The van der Waals surface area contributed by atoms with Crippen molar-refractivity contribution in [1.82, 2.24) is 4.98 Å². The second-order valence-electron chi connectivity index (χ2n) is 3.81. The van der Waals surface area contributed by atoms with Crippen LogP contribution in [0.4, 0.5) is 5.69 Å². The quantitative estimate of drug-likeness (QED) is 0.639. The molecule has 0 aromatic carbocycles. The fraction of sp³-hybridized carbons (Fsp3) is 0.455. The lowest BCUT2D eigenvalue weighted by Gasteiger charge is -2.14. The Kier molecular flexibility index (Phi) is 3.33. The molecule has 0 radical (unpaired) electrons. The van der Waals surface area contributed by atoms with E-state index in [1.165, 1.54) is 18.9 Å². The van der Waals surface area contributed by atoms with Crippen molar-refractivity contribution >= 4 is 23.4 Å². The maximum Gasteiger partial charge on any atom is 0.319 e. The van der Waals surface area contributed by atoms with Gasteiger partial charge in [0.2, 0.25) is 0 Å². The van der Waals surface area contributed by atoms with Gasteiger partial charge in [-0.3, -0.25) is 9.78 Å². The van der Waals surface area contributed by atoms with E-state index < -0.39 is 0 Å². The van der Waals surface area contributed by atoms with Gasteiger partial charge in [0.1, 0.15) is 5.25 Å². The number of rotatable bonds is 4. The number of pyridine rings is 1. The number of thioether (sulfide) groups is 1. The Hall–Kier alpha value is -1.23. The summed E-state index contributed by atoms with van der Waals surface area (Å²) in [6, 6.07) is 1.83. The van der Waals surface area contributed by atoms with E-state index >= 15 is 0 Å². The van der Waals surface area contributed by atoms with Crippen LogP contribution in [-0.4, -0.2) is 23.3 Å². The second kappa shape index (κ2) is 4.74. The molecule has 2 N–H and O–H groups in total. The summed E-state index contributed by atoms with van der Waals surface area (Å²) in [4.78, 5) is 16.4. The van der Waals surface area contributed by atoms with Gasteiger partial charge in [0.15, 0.2) is 0 Å². The van der Waals surface area contributed by atoms with Gasteiger partial charge >= 0.3 is 5.97 Å². The van der Waals surface area contributed by atoms with Crippen molar-refractivity contribution in [1.29, 1.82) is 0 Å². The Morgan fingerprint density at radius 3 is 3.00 bits per heavy atom. The number of methoxy groups -OCH3 is 1. The average molecular weight is 238 g/mol. The number of carbonyl (C=O) groups is 1.